The van der Waals surface area contributed by atoms with E-state index in [4.69, 9.17) is 4.74 Å². The van der Waals surface area contributed by atoms with Crippen molar-refractivity contribution in [3.8, 4) is 0 Å². The largest absolute Gasteiger partial charge is 0.379 e. The van der Waals surface area contributed by atoms with Crippen LogP contribution in [0.1, 0.15) is 6.92 Å². The summed E-state index contributed by atoms with van der Waals surface area (Å²) in [4.78, 5) is 20.1. The van der Waals surface area contributed by atoms with Crippen LogP contribution in [0, 0.1) is 0 Å². The van der Waals surface area contributed by atoms with Crippen LogP contribution in [-0.4, -0.2) is 72.6 Å². The Hall–Kier alpha value is -1.05. The van der Waals surface area contributed by atoms with E-state index in [-0.39, 0.29) is 6.04 Å². The van der Waals surface area contributed by atoms with E-state index >= 15 is 0 Å². The van der Waals surface area contributed by atoms with Crippen LogP contribution in [0.15, 0.2) is 20.0 Å². The number of fused-ring (bicyclic) bond motifs is 1. The lowest BCUT2D eigenvalue weighted by molar-refractivity contribution is 0.0452. The number of hydrogen-bond acceptors (Lipinski definition) is 7. The molecule has 102 valence electrons. The minimum atomic E-state index is -0.0639. The van der Waals surface area contributed by atoms with E-state index in [9.17, 15) is 0 Å². The maximum absolute atomic E-state index is 5.34. The molecule has 0 aromatic carbocycles. The summed E-state index contributed by atoms with van der Waals surface area (Å²) in [5, 5.41) is 1.01. The van der Waals surface area contributed by atoms with E-state index < -0.39 is 0 Å². The normalized spacial score (nSPS) is 26.8. The number of rotatable bonds is 3. The number of aliphatic imine (C=N–C) groups is 4. The Morgan fingerprint density at radius 1 is 1.42 bits per heavy atom. The Labute approximate surface area is 116 Å². The zero-order valence-corrected chi connectivity index (χ0v) is 11.8. The summed E-state index contributed by atoms with van der Waals surface area (Å²) < 4.78 is 5.34. The molecule has 0 bridgehead atoms. The van der Waals surface area contributed by atoms with Crippen molar-refractivity contribution in [2.24, 2.45) is 20.0 Å². The Morgan fingerprint density at radius 2 is 2.26 bits per heavy atom. The summed E-state index contributed by atoms with van der Waals surface area (Å²) in [6, 6.07) is -0.0639. The van der Waals surface area contributed by atoms with Gasteiger partial charge in [0.25, 0.3) is 0 Å². The fraction of sp³-hybridized carbons (Fsp3) is 0.667. The maximum atomic E-state index is 5.34. The van der Waals surface area contributed by atoms with Crippen LogP contribution >= 0.6 is 11.8 Å². The van der Waals surface area contributed by atoms with Gasteiger partial charge >= 0.3 is 0 Å². The molecule has 1 saturated heterocycles. The van der Waals surface area contributed by atoms with Crippen LogP contribution in [0.3, 0.4) is 0 Å². The van der Waals surface area contributed by atoms with Gasteiger partial charge in [-0.2, -0.15) is 0 Å². The fourth-order valence-electron chi connectivity index (χ4n) is 2.21. The van der Waals surface area contributed by atoms with Gasteiger partial charge in [0, 0.05) is 13.1 Å². The van der Waals surface area contributed by atoms with Crippen molar-refractivity contribution >= 4 is 34.8 Å². The van der Waals surface area contributed by atoms with Crippen LogP contribution in [0.5, 0.6) is 0 Å². The third-order valence-corrected chi connectivity index (χ3v) is 4.05. The molecule has 3 heterocycles. The van der Waals surface area contributed by atoms with Gasteiger partial charge in [-0.1, -0.05) is 6.92 Å². The highest BCUT2D eigenvalue weighted by molar-refractivity contribution is 8.14. The highest BCUT2D eigenvalue weighted by Crippen LogP contribution is 2.20. The Morgan fingerprint density at radius 3 is 3.05 bits per heavy atom. The van der Waals surface area contributed by atoms with E-state index in [1.165, 1.54) is 0 Å². The Kier molecular flexibility index (Phi) is 4.05. The average molecular weight is 279 g/mol. The first-order valence-electron chi connectivity index (χ1n) is 6.55. The minimum absolute atomic E-state index is 0.0639. The monoisotopic (exact) mass is 279 g/mol. The molecule has 6 nitrogen and oxygen atoms in total. The predicted octanol–water partition coefficient (Wildman–Crippen LogP) is 0.691. The van der Waals surface area contributed by atoms with E-state index in [0.29, 0.717) is 0 Å². The molecule has 0 amide bonds. The number of amidine groups is 2. The Balaban J connectivity index is 1.68. The van der Waals surface area contributed by atoms with Crippen LogP contribution < -0.4 is 0 Å². The molecule has 3 aliphatic rings. The average Bonchev–Trinajstić information content (AvgIpc) is 2.84. The molecule has 3 rings (SSSR count). The first-order chi connectivity index (χ1) is 9.36. The summed E-state index contributed by atoms with van der Waals surface area (Å²) in [7, 11) is 0. The van der Waals surface area contributed by atoms with Crippen molar-refractivity contribution < 1.29 is 4.74 Å². The molecule has 0 spiro atoms. The first kappa shape index (κ1) is 13.0. The molecule has 1 atom stereocenters. The number of hydrogen-bond donors (Lipinski definition) is 0. The van der Waals surface area contributed by atoms with Crippen LogP contribution in [0.2, 0.25) is 0 Å². The fourth-order valence-corrected chi connectivity index (χ4v) is 2.94. The third-order valence-electron chi connectivity index (χ3n) is 3.14. The van der Waals surface area contributed by atoms with Crippen molar-refractivity contribution in [2.75, 3.05) is 38.6 Å². The number of morpholine rings is 1. The van der Waals surface area contributed by atoms with Gasteiger partial charge in [0.15, 0.2) is 11.9 Å². The van der Waals surface area contributed by atoms with Crippen molar-refractivity contribution in [1.29, 1.82) is 0 Å². The highest BCUT2D eigenvalue weighted by atomic mass is 32.2. The lowest BCUT2D eigenvalue weighted by atomic mass is 10.3. The number of nitrogens with zero attached hydrogens (tertiary/aromatic N) is 5. The second kappa shape index (κ2) is 5.94. The van der Waals surface area contributed by atoms with Gasteiger partial charge in [-0.15, -0.1) is 11.8 Å². The Bertz CT molecular complexity index is 465. The van der Waals surface area contributed by atoms with Gasteiger partial charge in [-0.3, -0.25) is 9.89 Å². The summed E-state index contributed by atoms with van der Waals surface area (Å²) in [5.41, 5.74) is 0. The molecular weight excluding hydrogens is 262 g/mol. The summed E-state index contributed by atoms with van der Waals surface area (Å²) >= 11 is 1.71. The van der Waals surface area contributed by atoms with Crippen molar-refractivity contribution in [1.82, 2.24) is 4.90 Å². The minimum Gasteiger partial charge on any atom is -0.379 e. The topological polar surface area (TPSA) is 61.9 Å². The quantitative estimate of drug-likeness (QED) is 0.763. The maximum Gasteiger partial charge on any atom is 0.163 e. The zero-order valence-electron chi connectivity index (χ0n) is 10.9. The van der Waals surface area contributed by atoms with Gasteiger partial charge in [0.1, 0.15) is 17.2 Å². The number of ether oxygens (including phenoxy) is 1. The van der Waals surface area contributed by atoms with Gasteiger partial charge in [0.2, 0.25) is 0 Å². The first-order valence-corrected chi connectivity index (χ1v) is 7.54. The molecule has 0 radical (unpaired) electrons. The SMILES string of the molecule is CCSC1=NC=NC2=NC(CN3CCOCC3)=NC21. The van der Waals surface area contributed by atoms with Crippen molar-refractivity contribution in [3.63, 3.8) is 0 Å². The van der Waals surface area contributed by atoms with Gasteiger partial charge in [-0.25, -0.2) is 15.0 Å². The lowest BCUT2D eigenvalue weighted by Gasteiger charge is -2.25. The molecule has 3 aliphatic heterocycles. The van der Waals surface area contributed by atoms with Crippen molar-refractivity contribution in [3.05, 3.63) is 0 Å². The van der Waals surface area contributed by atoms with Crippen LogP contribution in [0.4, 0.5) is 0 Å². The zero-order chi connectivity index (χ0) is 13.1. The molecule has 0 saturated carbocycles. The van der Waals surface area contributed by atoms with Crippen LogP contribution in [-0.2, 0) is 4.74 Å². The highest BCUT2D eigenvalue weighted by Gasteiger charge is 2.30. The molecule has 0 N–H and O–H groups in total. The summed E-state index contributed by atoms with van der Waals surface area (Å²) in [5.74, 6) is 2.64. The van der Waals surface area contributed by atoms with E-state index in [2.05, 4.69) is 31.8 Å². The van der Waals surface area contributed by atoms with Gasteiger partial charge < -0.3 is 4.74 Å². The van der Waals surface area contributed by atoms with Crippen LogP contribution in [0.25, 0.3) is 0 Å². The molecule has 0 aromatic rings. The molecular formula is C12H17N5OS. The third kappa shape index (κ3) is 2.93. The molecule has 19 heavy (non-hydrogen) atoms. The molecule has 7 heteroatoms. The van der Waals surface area contributed by atoms with Gasteiger partial charge in [0.05, 0.1) is 19.8 Å². The molecule has 0 aromatic heterocycles. The van der Waals surface area contributed by atoms with Crippen molar-refractivity contribution in [2.45, 2.75) is 13.0 Å². The second-order valence-corrected chi connectivity index (χ2v) is 5.74. The summed E-state index contributed by atoms with van der Waals surface area (Å²) in [6.45, 7) is 6.38. The standard InChI is InChI=1S/C12H17N5OS/c1-2-19-12-10-11(13-8-14-12)16-9(15-10)7-17-3-5-18-6-4-17/h8,10H,2-7H2,1H3. The van der Waals surface area contributed by atoms with E-state index in [1.807, 2.05) is 0 Å². The predicted molar refractivity (Wildman–Crippen MR) is 80.0 cm³/mol. The smallest absolute Gasteiger partial charge is 0.163 e. The summed E-state index contributed by atoms with van der Waals surface area (Å²) in [6.07, 6.45) is 1.58. The molecule has 0 aliphatic carbocycles. The van der Waals surface area contributed by atoms with E-state index in [0.717, 1.165) is 55.3 Å². The number of thioether (sulfide) groups is 1. The second-order valence-electron chi connectivity index (χ2n) is 4.45. The molecule has 1 unspecified atom stereocenters. The molecule has 1 fully saturated rings. The van der Waals surface area contributed by atoms with Gasteiger partial charge in [-0.05, 0) is 5.75 Å². The van der Waals surface area contributed by atoms with E-state index in [1.54, 1.807) is 18.1 Å². The lowest BCUT2D eigenvalue weighted by Crippen LogP contribution is -2.39.